The summed E-state index contributed by atoms with van der Waals surface area (Å²) >= 11 is 0. The van der Waals surface area contributed by atoms with E-state index in [1.807, 2.05) is 0 Å². The van der Waals surface area contributed by atoms with Crippen LogP contribution in [0.4, 0.5) is 10.5 Å². The van der Waals surface area contributed by atoms with E-state index in [2.05, 4.69) is 54.5 Å². The van der Waals surface area contributed by atoms with Crippen LogP contribution in [-0.4, -0.2) is 36.6 Å². The van der Waals surface area contributed by atoms with Gasteiger partial charge >= 0.3 is 6.03 Å². The van der Waals surface area contributed by atoms with E-state index in [4.69, 9.17) is 0 Å². The van der Waals surface area contributed by atoms with Crippen molar-refractivity contribution in [2.45, 2.75) is 52.5 Å². The van der Waals surface area contributed by atoms with Gasteiger partial charge in [0.2, 0.25) is 0 Å². The molecule has 122 valence electrons. The third kappa shape index (κ3) is 4.01. The molecule has 1 unspecified atom stereocenters. The van der Waals surface area contributed by atoms with Gasteiger partial charge in [0.05, 0.1) is 0 Å². The predicted octanol–water partition coefficient (Wildman–Crippen LogP) is 3.42. The molecule has 1 aromatic carbocycles. The zero-order chi connectivity index (χ0) is 15.9. The number of rotatable bonds is 6. The van der Waals surface area contributed by atoms with E-state index in [-0.39, 0.29) is 6.03 Å². The summed E-state index contributed by atoms with van der Waals surface area (Å²) in [4.78, 5) is 14.7. The fraction of sp³-hybridized carbons (Fsp3) is 0.611. The first kappa shape index (κ1) is 16.8. The minimum atomic E-state index is -0.0847. The molecular weight excluding hydrogens is 274 g/mol. The lowest BCUT2D eigenvalue weighted by molar-refractivity contribution is 0.238. The summed E-state index contributed by atoms with van der Waals surface area (Å²) in [7, 11) is 0. The number of para-hydroxylation sites is 1. The van der Waals surface area contributed by atoms with E-state index in [9.17, 15) is 4.79 Å². The van der Waals surface area contributed by atoms with Crippen LogP contribution in [0.3, 0.4) is 0 Å². The molecule has 2 rings (SSSR count). The summed E-state index contributed by atoms with van der Waals surface area (Å²) in [6, 6.07) is 6.65. The maximum Gasteiger partial charge on any atom is 0.319 e. The van der Waals surface area contributed by atoms with Gasteiger partial charge in [0.25, 0.3) is 0 Å². The maximum atomic E-state index is 12.3. The van der Waals surface area contributed by atoms with Gasteiger partial charge in [-0.3, -0.25) is 4.90 Å². The van der Waals surface area contributed by atoms with E-state index in [0.29, 0.717) is 6.04 Å². The molecule has 1 saturated heterocycles. The minimum absolute atomic E-state index is 0.0847. The summed E-state index contributed by atoms with van der Waals surface area (Å²) < 4.78 is 0. The molecule has 22 heavy (non-hydrogen) atoms. The number of likely N-dealkylation sites (N-methyl/N-ethyl adjacent to an activating group) is 1. The van der Waals surface area contributed by atoms with Gasteiger partial charge in [0.1, 0.15) is 0 Å². The van der Waals surface area contributed by atoms with Crippen molar-refractivity contribution in [3.63, 3.8) is 0 Å². The highest BCUT2D eigenvalue weighted by Crippen LogP contribution is 2.22. The zero-order valence-corrected chi connectivity index (χ0v) is 14.1. The molecular formula is C18H29N3O. The fourth-order valence-electron chi connectivity index (χ4n) is 3.31. The molecule has 0 radical (unpaired) electrons. The van der Waals surface area contributed by atoms with Gasteiger partial charge in [-0.2, -0.15) is 0 Å². The first-order valence-electron chi connectivity index (χ1n) is 8.59. The van der Waals surface area contributed by atoms with Crippen LogP contribution in [0.1, 0.15) is 44.7 Å². The molecule has 0 aliphatic carbocycles. The second-order valence-electron chi connectivity index (χ2n) is 5.92. The Hall–Kier alpha value is -1.55. The minimum Gasteiger partial charge on any atom is -0.336 e. The first-order chi connectivity index (χ1) is 10.7. The Morgan fingerprint density at radius 3 is 2.50 bits per heavy atom. The number of aryl methyl sites for hydroxylation is 2. The highest BCUT2D eigenvalue weighted by molar-refractivity contribution is 5.91. The lowest BCUT2D eigenvalue weighted by atomic mass is 10.0. The number of nitrogens with one attached hydrogen (secondary N) is 2. The van der Waals surface area contributed by atoms with Gasteiger partial charge < -0.3 is 10.6 Å². The molecule has 4 nitrogen and oxygen atoms in total. The van der Waals surface area contributed by atoms with Crippen LogP contribution < -0.4 is 10.6 Å². The zero-order valence-electron chi connectivity index (χ0n) is 14.1. The molecule has 4 heteroatoms. The highest BCUT2D eigenvalue weighted by atomic mass is 16.2. The van der Waals surface area contributed by atoms with Crippen LogP contribution in [0.15, 0.2) is 18.2 Å². The molecule has 2 amide bonds. The first-order valence-corrected chi connectivity index (χ1v) is 8.59. The molecule has 1 aliphatic heterocycles. The molecule has 1 fully saturated rings. The Kier molecular flexibility index (Phi) is 6.25. The van der Waals surface area contributed by atoms with Crippen LogP contribution in [0.2, 0.25) is 0 Å². The van der Waals surface area contributed by atoms with Gasteiger partial charge in [0.15, 0.2) is 0 Å². The van der Waals surface area contributed by atoms with Gasteiger partial charge in [0, 0.05) is 18.3 Å². The van der Waals surface area contributed by atoms with Gasteiger partial charge in [-0.1, -0.05) is 39.0 Å². The van der Waals surface area contributed by atoms with Crippen molar-refractivity contribution in [3.05, 3.63) is 29.3 Å². The molecule has 1 heterocycles. The second kappa shape index (κ2) is 8.18. The predicted molar refractivity (Wildman–Crippen MR) is 92.5 cm³/mol. The molecule has 1 atom stereocenters. The second-order valence-corrected chi connectivity index (χ2v) is 5.92. The normalized spacial score (nSPS) is 18.4. The Morgan fingerprint density at radius 1 is 1.23 bits per heavy atom. The van der Waals surface area contributed by atoms with E-state index in [1.54, 1.807) is 0 Å². The van der Waals surface area contributed by atoms with E-state index >= 15 is 0 Å². The Balaban J connectivity index is 1.94. The fourth-order valence-corrected chi connectivity index (χ4v) is 3.31. The average Bonchev–Trinajstić information content (AvgIpc) is 3.00. The molecule has 0 spiro atoms. The molecule has 1 aromatic rings. The summed E-state index contributed by atoms with van der Waals surface area (Å²) in [5.74, 6) is 0. The Morgan fingerprint density at radius 2 is 1.91 bits per heavy atom. The largest absolute Gasteiger partial charge is 0.336 e. The van der Waals surface area contributed by atoms with Crippen molar-refractivity contribution in [2.24, 2.45) is 0 Å². The number of urea groups is 1. The highest BCUT2D eigenvalue weighted by Gasteiger charge is 2.23. The van der Waals surface area contributed by atoms with Gasteiger partial charge in [-0.05, 0) is 49.9 Å². The lowest BCUT2D eigenvalue weighted by Crippen LogP contribution is -2.41. The summed E-state index contributed by atoms with van der Waals surface area (Å²) in [5.41, 5.74) is 3.39. The quantitative estimate of drug-likeness (QED) is 0.846. The number of carbonyl (C=O) groups is 1. The third-order valence-corrected chi connectivity index (χ3v) is 4.64. The van der Waals surface area contributed by atoms with Crippen LogP contribution in [0.5, 0.6) is 0 Å². The van der Waals surface area contributed by atoms with Crippen molar-refractivity contribution >= 4 is 11.7 Å². The van der Waals surface area contributed by atoms with Crippen LogP contribution in [-0.2, 0) is 12.8 Å². The number of benzene rings is 1. The van der Waals surface area contributed by atoms with Crippen molar-refractivity contribution in [3.8, 4) is 0 Å². The summed E-state index contributed by atoms with van der Waals surface area (Å²) in [6.07, 6.45) is 4.27. The number of nitrogens with zero attached hydrogens (tertiary/aromatic N) is 1. The topological polar surface area (TPSA) is 44.4 Å². The average molecular weight is 303 g/mol. The van der Waals surface area contributed by atoms with Crippen molar-refractivity contribution < 1.29 is 4.79 Å². The standard InChI is InChI=1S/C18H29N3O/c1-4-14-9-7-10-15(5-2)17(14)20-18(22)19-13-16-11-8-12-21(16)6-3/h7,9-10,16H,4-6,8,11-13H2,1-3H3,(H2,19,20,22). The van der Waals surface area contributed by atoms with Crippen LogP contribution >= 0.6 is 0 Å². The van der Waals surface area contributed by atoms with E-state index in [1.165, 1.54) is 24.0 Å². The molecule has 0 aromatic heterocycles. The monoisotopic (exact) mass is 303 g/mol. The summed E-state index contributed by atoms with van der Waals surface area (Å²) in [5, 5.41) is 6.12. The Labute approximate surface area is 134 Å². The number of hydrogen-bond acceptors (Lipinski definition) is 2. The van der Waals surface area contributed by atoms with E-state index in [0.717, 1.165) is 38.2 Å². The third-order valence-electron chi connectivity index (χ3n) is 4.64. The Bertz CT molecular complexity index is 479. The SMILES string of the molecule is CCc1cccc(CC)c1NC(=O)NCC1CCCN1CC. The smallest absolute Gasteiger partial charge is 0.319 e. The number of amides is 2. The van der Waals surface area contributed by atoms with Gasteiger partial charge in [-0.15, -0.1) is 0 Å². The molecule has 2 N–H and O–H groups in total. The number of anilines is 1. The molecule has 0 saturated carbocycles. The number of carbonyl (C=O) groups excluding carboxylic acids is 1. The maximum absolute atomic E-state index is 12.3. The van der Waals surface area contributed by atoms with Gasteiger partial charge in [-0.25, -0.2) is 4.79 Å². The van der Waals surface area contributed by atoms with E-state index < -0.39 is 0 Å². The number of hydrogen-bond donors (Lipinski definition) is 2. The molecule has 1 aliphatic rings. The van der Waals surface area contributed by atoms with Crippen molar-refractivity contribution in [1.29, 1.82) is 0 Å². The van der Waals surface area contributed by atoms with Crippen molar-refractivity contribution in [2.75, 3.05) is 25.0 Å². The van der Waals surface area contributed by atoms with Crippen molar-refractivity contribution in [1.82, 2.24) is 10.2 Å². The summed E-state index contributed by atoms with van der Waals surface area (Å²) in [6.45, 7) is 9.37. The lowest BCUT2D eigenvalue weighted by Gasteiger charge is -2.23. The number of likely N-dealkylation sites (tertiary alicyclic amines) is 1. The van der Waals surface area contributed by atoms with Crippen LogP contribution in [0, 0.1) is 0 Å². The molecule has 0 bridgehead atoms. The van der Waals surface area contributed by atoms with Crippen LogP contribution in [0.25, 0.3) is 0 Å².